The molecule has 1 aliphatic rings. The number of hydrogen-bond donors (Lipinski definition) is 1. The molecule has 0 aromatic heterocycles. The molecular weight excluding hydrogens is 390 g/mol. The summed E-state index contributed by atoms with van der Waals surface area (Å²) in [4.78, 5) is 16.1. The van der Waals surface area contributed by atoms with Crippen molar-refractivity contribution in [2.75, 3.05) is 33.3 Å². The van der Waals surface area contributed by atoms with E-state index in [0.717, 1.165) is 63.9 Å². The Morgan fingerprint density at radius 3 is 2.50 bits per heavy atom. The summed E-state index contributed by atoms with van der Waals surface area (Å²) in [7, 11) is 1.68. The first-order chi connectivity index (χ1) is 14.4. The Morgan fingerprint density at radius 1 is 1.13 bits per heavy atom. The van der Waals surface area contributed by atoms with Gasteiger partial charge in [-0.1, -0.05) is 26.2 Å². The Bertz CT molecular complexity index is 651. The summed E-state index contributed by atoms with van der Waals surface area (Å²) in [6.07, 6.45) is 8.20. The van der Waals surface area contributed by atoms with E-state index >= 15 is 0 Å². The highest BCUT2D eigenvalue weighted by atomic mass is 19.1. The summed E-state index contributed by atoms with van der Waals surface area (Å²) in [5.74, 6) is -1.13. The van der Waals surface area contributed by atoms with Crippen LogP contribution in [0.2, 0.25) is 0 Å². The van der Waals surface area contributed by atoms with Crippen LogP contribution in [0.25, 0.3) is 0 Å². The summed E-state index contributed by atoms with van der Waals surface area (Å²) in [5, 5.41) is 9.03. The number of halogens is 2. The van der Waals surface area contributed by atoms with Gasteiger partial charge in [-0.2, -0.15) is 0 Å². The summed E-state index contributed by atoms with van der Waals surface area (Å²) < 4.78 is 31.8. The summed E-state index contributed by atoms with van der Waals surface area (Å²) in [5.41, 5.74) is 0. The van der Waals surface area contributed by atoms with Gasteiger partial charge < -0.3 is 19.6 Å². The van der Waals surface area contributed by atoms with Gasteiger partial charge in [0.1, 0.15) is 5.82 Å². The third-order valence-corrected chi connectivity index (χ3v) is 6.19. The number of likely N-dealkylation sites (N-methyl/N-ethyl adjacent to an activating group) is 1. The average molecular weight is 427 g/mol. The Balaban J connectivity index is 1.65. The molecule has 0 atom stereocenters. The lowest BCUT2D eigenvalue weighted by atomic mass is 9.82. The summed E-state index contributed by atoms with van der Waals surface area (Å²) in [6.45, 7) is 5.12. The highest BCUT2D eigenvalue weighted by Gasteiger charge is 2.27. The second-order valence-electron chi connectivity index (χ2n) is 8.24. The number of carbonyl (C=O) groups is 1. The van der Waals surface area contributed by atoms with Gasteiger partial charge >= 0.3 is 6.09 Å². The zero-order chi connectivity index (χ0) is 21.9. The molecule has 1 amide bonds. The van der Waals surface area contributed by atoms with Gasteiger partial charge in [-0.15, -0.1) is 0 Å². The van der Waals surface area contributed by atoms with E-state index in [4.69, 9.17) is 9.84 Å². The number of nitrogens with zero attached hydrogens (tertiary/aromatic N) is 2. The van der Waals surface area contributed by atoms with E-state index in [1.807, 2.05) is 0 Å². The minimum atomic E-state index is -0.876. The quantitative estimate of drug-likeness (QED) is 0.515. The molecule has 30 heavy (non-hydrogen) atoms. The number of amides is 1. The van der Waals surface area contributed by atoms with Crippen LogP contribution < -0.4 is 4.74 Å². The van der Waals surface area contributed by atoms with Crippen LogP contribution in [0.1, 0.15) is 58.3 Å². The predicted molar refractivity (Wildman–Crippen MR) is 114 cm³/mol. The van der Waals surface area contributed by atoms with E-state index in [-0.39, 0.29) is 18.4 Å². The number of benzene rings is 1. The monoisotopic (exact) mass is 426 g/mol. The fraction of sp³-hybridized carbons (Fsp3) is 0.696. The highest BCUT2D eigenvalue weighted by Crippen LogP contribution is 2.31. The maximum Gasteiger partial charge on any atom is 0.415 e. The molecule has 170 valence electrons. The standard InChI is InChI=1S/C23H36F2N2O3/c1-3-27(15-16-28)14-6-4-5-7-18-8-11-20(12-9-18)26(2)23(29)30-22-13-10-19(24)17-21(22)25/h10,13,17-18,20,28H,3-9,11-12,14-16H2,1-2H3. The molecule has 1 aliphatic carbocycles. The molecule has 1 fully saturated rings. The lowest BCUT2D eigenvalue weighted by Gasteiger charge is -2.34. The third kappa shape index (κ3) is 7.84. The normalized spacial score (nSPS) is 19.1. The van der Waals surface area contributed by atoms with Gasteiger partial charge in [-0.3, -0.25) is 0 Å². The van der Waals surface area contributed by atoms with Crippen LogP contribution in [-0.4, -0.2) is 60.3 Å². The highest BCUT2D eigenvalue weighted by molar-refractivity contribution is 5.70. The predicted octanol–water partition coefficient (Wildman–Crippen LogP) is 4.83. The number of aliphatic hydroxyl groups excluding tert-OH is 1. The molecule has 1 aromatic rings. The minimum Gasteiger partial charge on any atom is -0.407 e. The maximum absolute atomic E-state index is 13.7. The van der Waals surface area contributed by atoms with E-state index < -0.39 is 17.7 Å². The maximum atomic E-state index is 13.7. The molecule has 0 aliphatic heterocycles. The molecule has 0 radical (unpaired) electrons. The van der Waals surface area contributed by atoms with Crippen LogP contribution in [-0.2, 0) is 0 Å². The van der Waals surface area contributed by atoms with Crippen LogP contribution in [0.15, 0.2) is 18.2 Å². The van der Waals surface area contributed by atoms with Gasteiger partial charge in [-0.25, -0.2) is 13.6 Å². The van der Waals surface area contributed by atoms with Gasteiger partial charge in [0.15, 0.2) is 11.6 Å². The molecule has 7 heteroatoms. The summed E-state index contributed by atoms with van der Waals surface area (Å²) >= 11 is 0. The molecule has 0 bridgehead atoms. The molecule has 1 N–H and O–H groups in total. The van der Waals surface area contributed by atoms with Gasteiger partial charge in [0.05, 0.1) is 6.61 Å². The van der Waals surface area contributed by atoms with Crippen LogP contribution >= 0.6 is 0 Å². The fourth-order valence-corrected chi connectivity index (χ4v) is 4.21. The van der Waals surface area contributed by atoms with E-state index in [2.05, 4.69) is 11.8 Å². The second-order valence-corrected chi connectivity index (χ2v) is 8.24. The van der Waals surface area contributed by atoms with Crippen molar-refractivity contribution in [1.29, 1.82) is 0 Å². The van der Waals surface area contributed by atoms with Crippen LogP contribution in [0.5, 0.6) is 5.75 Å². The Hall–Kier alpha value is -1.73. The van der Waals surface area contributed by atoms with Crippen molar-refractivity contribution >= 4 is 6.09 Å². The van der Waals surface area contributed by atoms with E-state index in [0.29, 0.717) is 12.0 Å². The third-order valence-electron chi connectivity index (χ3n) is 6.19. The molecule has 2 rings (SSSR count). The Morgan fingerprint density at radius 2 is 1.87 bits per heavy atom. The van der Waals surface area contributed by atoms with E-state index in [1.165, 1.54) is 19.3 Å². The van der Waals surface area contributed by atoms with Gasteiger partial charge in [-0.05, 0) is 63.2 Å². The van der Waals surface area contributed by atoms with Crippen LogP contribution in [0, 0.1) is 17.6 Å². The van der Waals surface area contributed by atoms with Crippen molar-refractivity contribution in [2.45, 2.75) is 64.3 Å². The van der Waals surface area contributed by atoms with E-state index in [9.17, 15) is 13.6 Å². The van der Waals surface area contributed by atoms with Gasteiger partial charge in [0, 0.05) is 25.7 Å². The SMILES string of the molecule is CCN(CCO)CCCCCC1CCC(N(C)C(=O)Oc2ccc(F)cc2F)CC1. The molecule has 1 saturated carbocycles. The largest absolute Gasteiger partial charge is 0.415 e. The first-order valence-electron chi connectivity index (χ1n) is 11.2. The zero-order valence-electron chi connectivity index (χ0n) is 18.3. The minimum absolute atomic E-state index is 0.0915. The first-order valence-corrected chi connectivity index (χ1v) is 11.2. The molecule has 0 heterocycles. The van der Waals surface area contributed by atoms with Crippen LogP contribution in [0.3, 0.4) is 0 Å². The Kier molecular flexibility index (Phi) is 10.5. The molecular formula is C23H36F2N2O3. The van der Waals surface area contributed by atoms with Crippen molar-refractivity contribution < 1.29 is 23.4 Å². The van der Waals surface area contributed by atoms with Crippen molar-refractivity contribution in [2.24, 2.45) is 5.92 Å². The second kappa shape index (κ2) is 12.8. The van der Waals surface area contributed by atoms with Crippen molar-refractivity contribution in [1.82, 2.24) is 9.80 Å². The number of hydrogen-bond acceptors (Lipinski definition) is 4. The molecule has 1 aromatic carbocycles. The number of rotatable bonds is 11. The van der Waals surface area contributed by atoms with Gasteiger partial charge in [0.2, 0.25) is 0 Å². The molecule has 0 spiro atoms. The number of carbonyl (C=O) groups excluding carboxylic acids is 1. The fourth-order valence-electron chi connectivity index (χ4n) is 4.21. The average Bonchev–Trinajstić information content (AvgIpc) is 2.74. The summed E-state index contributed by atoms with van der Waals surface area (Å²) in [6, 6.07) is 3.01. The lowest BCUT2D eigenvalue weighted by molar-refractivity contribution is 0.122. The van der Waals surface area contributed by atoms with Crippen molar-refractivity contribution in [3.63, 3.8) is 0 Å². The smallest absolute Gasteiger partial charge is 0.407 e. The number of ether oxygens (including phenoxy) is 1. The molecule has 5 nitrogen and oxygen atoms in total. The van der Waals surface area contributed by atoms with Crippen molar-refractivity contribution in [3.05, 3.63) is 29.8 Å². The zero-order valence-corrected chi connectivity index (χ0v) is 18.3. The first kappa shape index (κ1) is 24.5. The van der Waals surface area contributed by atoms with Crippen molar-refractivity contribution in [3.8, 4) is 5.75 Å². The van der Waals surface area contributed by atoms with E-state index in [1.54, 1.807) is 11.9 Å². The lowest BCUT2D eigenvalue weighted by Crippen LogP contribution is -2.41. The topological polar surface area (TPSA) is 53.0 Å². The molecule has 0 saturated heterocycles. The molecule has 0 unspecified atom stereocenters. The van der Waals surface area contributed by atoms with Crippen LogP contribution in [0.4, 0.5) is 13.6 Å². The van der Waals surface area contributed by atoms with Gasteiger partial charge in [0.25, 0.3) is 0 Å². The number of unbranched alkanes of at least 4 members (excludes halogenated alkanes) is 2. The Labute approximate surface area is 179 Å². The number of aliphatic hydroxyl groups is 1.